The molecule has 0 aliphatic heterocycles. The summed E-state index contributed by atoms with van der Waals surface area (Å²) in [5.74, 6) is 2.82. The van der Waals surface area contributed by atoms with Crippen LogP contribution >= 0.6 is 0 Å². The van der Waals surface area contributed by atoms with E-state index in [9.17, 15) is 15.0 Å². The van der Waals surface area contributed by atoms with Gasteiger partial charge in [-0.25, -0.2) is 0 Å². The Hall–Kier alpha value is -2.33. The van der Waals surface area contributed by atoms with Crippen molar-refractivity contribution in [2.24, 2.45) is 29.1 Å². The minimum Gasteiger partial charge on any atom is -0.489 e. The zero-order valence-corrected chi connectivity index (χ0v) is 20.3. The van der Waals surface area contributed by atoms with Gasteiger partial charge in [-0.2, -0.15) is 0 Å². The lowest BCUT2D eigenvalue weighted by molar-refractivity contribution is -0.139. The normalized spacial score (nSPS) is 31.9. The highest BCUT2D eigenvalue weighted by Crippen LogP contribution is 2.66. The summed E-state index contributed by atoms with van der Waals surface area (Å²) in [6.45, 7) is 3.20. The van der Waals surface area contributed by atoms with Crippen LogP contribution in [0.4, 0.5) is 0 Å². The van der Waals surface area contributed by atoms with Crippen LogP contribution in [0.15, 0.2) is 48.5 Å². The average molecular weight is 463 g/mol. The number of carboxylic acids is 1. The SMILES string of the molecule is C[C@]12CCC3c4ccc(OCc5ccccc5)cc4CCC3C1[C@@H](CCCO)C[C@@H]2CC(=O)O. The number of benzene rings is 2. The Morgan fingerprint density at radius 3 is 2.74 bits per heavy atom. The van der Waals surface area contributed by atoms with Crippen molar-refractivity contribution < 1.29 is 19.7 Å². The van der Waals surface area contributed by atoms with Crippen LogP contribution < -0.4 is 4.74 Å². The molecule has 0 bridgehead atoms. The summed E-state index contributed by atoms with van der Waals surface area (Å²) in [4.78, 5) is 11.7. The van der Waals surface area contributed by atoms with E-state index in [1.807, 2.05) is 18.2 Å². The van der Waals surface area contributed by atoms with Gasteiger partial charge in [0.25, 0.3) is 0 Å². The number of carboxylic acid groups (broad SMARTS) is 1. The van der Waals surface area contributed by atoms with Crippen molar-refractivity contribution in [3.63, 3.8) is 0 Å². The first kappa shape index (κ1) is 23.4. The highest BCUT2D eigenvalue weighted by atomic mass is 16.5. The minimum atomic E-state index is -0.660. The highest BCUT2D eigenvalue weighted by Gasteiger charge is 2.58. The van der Waals surface area contributed by atoms with Gasteiger partial charge in [-0.05, 0) is 109 Å². The third-order valence-corrected chi connectivity index (χ3v) is 9.42. The van der Waals surface area contributed by atoms with Gasteiger partial charge in [0.05, 0.1) is 0 Å². The van der Waals surface area contributed by atoms with Crippen molar-refractivity contribution in [1.29, 1.82) is 0 Å². The van der Waals surface area contributed by atoms with Gasteiger partial charge in [0, 0.05) is 13.0 Å². The molecular weight excluding hydrogens is 424 g/mol. The van der Waals surface area contributed by atoms with Crippen LogP contribution in [0.1, 0.15) is 74.5 Å². The quantitative estimate of drug-likeness (QED) is 0.489. The Kier molecular flexibility index (Phi) is 6.70. The number of aliphatic hydroxyl groups is 1. The molecule has 0 heterocycles. The lowest BCUT2D eigenvalue weighted by Crippen LogP contribution is -2.44. The second kappa shape index (κ2) is 9.73. The van der Waals surface area contributed by atoms with Gasteiger partial charge >= 0.3 is 5.97 Å². The number of hydrogen-bond acceptors (Lipinski definition) is 3. The van der Waals surface area contributed by atoms with Gasteiger partial charge in [-0.3, -0.25) is 4.79 Å². The van der Waals surface area contributed by atoms with E-state index in [0.717, 1.165) is 44.3 Å². The molecule has 3 unspecified atom stereocenters. The van der Waals surface area contributed by atoms with Gasteiger partial charge in [0.1, 0.15) is 12.4 Å². The fourth-order valence-corrected chi connectivity index (χ4v) is 7.99. The predicted octanol–water partition coefficient (Wildman–Crippen LogP) is 6.21. The van der Waals surface area contributed by atoms with Gasteiger partial charge in [-0.1, -0.05) is 43.3 Å². The molecule has 0 amide bonds. The van der Waals surface area contributed by atoms with Gasteiger partial charge < -0.3 is 14.9 Å². The van der Waals surface area contributed by atoms with Crippen LogP contribution in [0.25, 0.3) is 0 Å². The Labute approximate surface area is 203 Å². The molecule has 0 radical (unpaired) electrons. The van der Waals surface area contributed by atoms with E-state index in [0.29, 0.717) is 36.7 Å². The molecule has 34 heavy (non-hydrogen) atoms. The molecule has 2 fully saturated rings. The largest absolute Gasteiger partial charge is 0.489 e. The molecule has 4 heteroatoms. The second-order valence-electron chi connectivity index (χ2n) is 11.2. The lowest BCUT2D eigenvalue weighted by atomic mass is 9.52. The van der Waals surface area contributed by atoms with Gasteiger partial charge in [0.15, 0.2) is 0 Å². The van der Waals surface area contributed by atoms with E-state index in [1.54, 1.807) is 0 Å². The second-order valence-corrected chi connectivity index (χ2v) is 11.2. The van der Waals surface area contributed by atoms with E-state index in [4.69, 9.17) is 4.74 Å². The number of ether oxygens (including phenoxy) is 1. The number of hydrogen-bond donors (Lipinski definition) is 2. The molecule has 2 aromatic carbocycles. The molecule has 182 valence electrons. The van der Waals surface area contributed by atoms with Crippen molar-refractivity contribution in [2.45, 2.75) is 70.8 Å². The van der Waals surface area contributed by atoms with Crippen LogP contribution in [-0.2, 0) is 17.8 Å². The van der Waals surface area contributed by atoms with Crippen LogP contribution in [0.5, 0.6) is 5.75 Å². The first-order valence-electron chi connectivity index (χ1n) is 13.1. The molecule has 6 atom stereocenters. The first-order valence-corrected chi connectivity index (χ1v) is 13.1. The molecule has 3 aliphatic rings. The summed E-state index contributed by atoms with van der Waals surface area (Å²) in [5, 5.41) is 19.1. The Morgan fingerprint density at radius 2 is 1.97 bits per heavy atom. The van der Waals surface area contributed by atoms with E-state index >= 15 is 0 Å². The maximum absolute atomic E-state index is 11.7. The fourth-order valence-electron chi connectivity index (χ4n) is 7.99. The standard InChI is InChI=1S/C30H38O4/c1-30-14-13-26-25-12-10-24(34-19-20-6-3-2-4-7-20)17-21(25)9-11-27(26)29(30)22(8-5-15-31)16-23(30)18-28(32)33/h2-4,6-7,10,12,17,22-23,26-27,29,31H,5,8-9,11,13-16,18-19H2,1H3,(H,32,33)/t22-,23+,26?,27?,29?,30+/m0/s1. The third-order valence-electron chi connectivity index (χ3n) is 9.42. The van der Waals surface area contributed by atoms with Crippen molar-refractivity contribution in [2.75, 3.05) is 6.61 Å². The summed E-state index contributed by atoms with van der Waals surface area (Å²) in [7, 11) is 0. The number of aliphatic carboxylic acids is 1. The van der Waals surface area contributed by atoms with Crippen molar-refractivity contribution in [3.8, 4) is 5.75 Å². The smallest absolute Gasteiger partial charge is 0.303 e. The number of rotatable bonds is 8. The predicted molar refractivity (Wildman–Crippen MR) is 133 cm³/mol. The van der Waals surface area contributed by atoms with E-state index < -0.39 is 5.97 Å². The molecule has 5 rings (SSSR count). The monoisotopic (exact) mass is 462 g/mol. The maximum Gasteiger partial charge on any atom is 0.303 e. The van der Waals surface area contributed by atoms with Crippen molar-refractivity contribution in [1.82, 2.24) is 0 Å². The average Bonchev–Trinajstić information content (AvgIpc) is 3.12. The third kappa shape index (κ3) is 4.37. The van der Waals surface area contributed by atoms with Crippen molar-refractivity contribution >= 4 is 5.97 Å². The number of carbonyl (C=O) groups is 1. The summed E-state index contributed by atoms with van der Waals surface area (Å²) >= 11 is 0. The molecule has 0 spiro atoms. The zero-order valence-electron chi connectivity index (χ0n) is 20.3. The molecule has 2 saturated carbocycles. The first-order chi connectivity index (χ1) is 16.5. The molecule has 2 aromatic rings. The summed E-state index contributed by atoms with van der Waals surface area (Å²) in [6, 6.07) is 17.0. The number of fused-ring (bicyclic) bond motifs is 5. The van der Waals surface area contributed by atoms with Crippen LogP contribution in [0, 0.1) is 29.1 Å². The maximum atomic E-state index is 11.7. The van der Waals surface area contributed by atoms with Crippen LogP contribution in [0.2, 0.25) is 0 Å². The Balaban J connectivity index is 1.36. The zero-order chi connectivity index (χ0) is 23.7. The summed E-state index contributed by atoms with van der Waals surface area (Å²) in [6.07, 6.45) is 7.66. The molecular formula is C30H38O4. The summed E-state index contributed by atoms with van der Waals surface area (Å²) < 4.78 is 6.11. The molecule has 4 nitrogen and oxygen atoms in total. The van der Waals surface area contributed by atoms with E-state index in [1.165, 1.54) is 23.1 Å². The molecule has 3 aliphatic carbocycles. The minimum absolute atomic E-state index is 0.107. The molecule has 0 aromatic heterocycles. The summed E-state index contributed by atoms with van der Waals surface area (Å²) in [5.41, 5.74) is 4.21. The van der Waals surface area contributed by atoms with Gasteiger partial charge in [0.2, 0.25) is 0 Å². The topological polar surface area (TPSA) is 66.8 Å². The van der Waals surface area contributed by atoms with Gasteiger partial charge in [-0.15, -0.1) is 0 Å². The van der Waals surface area contributed by atoms with Crippen molar-refractivity contribution in [3.05, 3.63) is 65.2 Å². The number of aryl methyl sites for hydroxylation is 1. The Bertz CT molecular complexity index is 1000. The lowest BCUT2D eigenvalue weighted by Gasteiger charge is -2.52. The number of aliphatic hydroxyl groups excluding tert-OH is 1. The van der Waals surface area contributed by atoms with E-state index in [2.05, 4.69) is 37.3 Å². The molecule has 0 saturated heterocycles. The molecule has 2 N–H and O–H groups in total. The van der Waals surface area contributed by atoms with Crippen LogP contribution in [0.3, 0.4) is 0 Å². The fraction of sp³-hybridized carbons (Fsp3) is 0.567. The highest BCUT2D eigenvalue weighted by molar-refractivity contribution is 5.67. The van der Waals surface area contributed by atoms with E-state index in [-0.39, 0.29) is 17.9 Å². The Morgan fingerprint density at radius 1 is 1.15 bits per heavy atom. The van der Waals surface area contributed by atoms with Crippen LogP contribution in [-0.4, -0.2) is 22.8 Å².